The monoisotopic (exact) mass is 395 g/mol. The number of carbonyl (C=O) groups excluding carboxylic acids is 2. The van der Waals surface area contributed by atoms with Crippen molar-refractivity contribution in [3.8, 4) is 6.07 Å². The first-order valence-corrected chi connectivity index (χ1v) is 10.4. The van der Waals surface area contributed by atoms with Gasteiger partial charge in [0.25, 0.3) is 0 Å². The summed E-state index contributed by atoms with van der Waals surface area (Å²) in [5.41, 5.74) is 3.44. The number of carbonyl (C=O) groups is 2. The average Bonchev–Trinajstić information content (AvgIpc) is 2.68. The summed E-state index contributed by atoms with van der Waals surface area (Å²) < 4.78 is 0. The second-order valence-electron chi connectivity index (χ2n) is 6.53. The molecule has 146 valence electrons. The third-order valence-electron chi connectivity index (χ3n) is 4.06. The number of benzene rings is 2. The second-order valence-corrected chi connectivity index (χ2v) is 7.52. The molecule has 5 nitrogen and oxygen atoms in total. The predicted octanol–water partition coefficient (Wildman–Crippen LogP) is 3.98. The maximum atomic E-state index is 12.6. The van der Waals surface area contributed by atoms with Gasteiger partial charge in [0, 0.05) is 18.8 Å². The molecule has 0 saturated carbocycles. The minimum absolute atomic E-state index is 0.0135. The zero-order chi connectivity index (χ0) is 20.4. The van der Waals surface area contributed by atoms with Gasteiger partial charge in [-0.25, -0.2) is 0 Å². The van der Waals surface area contributed by atoms with E-state index in [1.807, 2.05) is 50.2 Å². The third kappa shape index (κ3) is 7.09. The SMILES string of the molecule is CCCN(Cc1ccc(C#N)cc1)C(=O)CSCC(=O)Nc1cccc(C)c1. The van der Waals surface area contributed by atoms with Crippen molar-refractivity contribution in [3.63, 3.8) is 0 Å². The van der Waals surface area contributed by atoms with Crippen LogP contribution in [-0.2, 0) is 16.1 Å². The van der Waals surface area contributed by atoms with E-state index in [0.717, 1.165) is 23.2 Å². The topological polar surface area (TPSA) is 73.2 Å². The summed E-state index contributed by atoms with van der Waals surface area (Å²) in [6.07, 6.45) is 0.862. The van der Waals surface area contributed by atoms with Gasteiger partial charge in [0.2, 0.25) is 11.8 Å². The standard InChI is InChI=1S/C22H25N3O2S/c1-3-11-25(14-19-9-7-18(13-23)8-10-19)22(27)16-28-15-21(26)24-20-6-4-5-17(2)12-20/h4-10,12H,3,11,14-16H2,1-2H3,(H,24,26). The van der Waals surface area contributed by atoms with Crippen molar-refractivity contribution >= 4 is 29.3 Å². The molecule has 2 aromatic rings. The average molecular weight is 396 g/mol. The number of nitrogens with zero attached hydrogens (tertiary/aromatic N) is 2. The van der Waals surface area contributed by atoms with Crippen molar-refractivity contribution in [1.29, 1.82) is 5.26 Å². The van der Waals surface area contributed by atoms with Crippen LogP contribution in [0, 0.1) is 18.3 Å². The second kappa shape index (κ2) is 11.2. The summed E-state index contributed by atoms with van der Waals surface area (Å²) in [4.78, 5) is 26.4. The van der Waals surface area contributed by atoms with E-state index in [0.29, 0.717) is 18.7 Å². The van der Waals surface area contributed by atoms with Crippen molar-refractivity contribution in [2.75, 3.05) is 23.4 Å². The van der Waals surface area contributed by atoms with Crippen LogP contribution in [0.2, 0.25) is 0 Å². The van der Waals surface area contributed by atoms with Crippen LogP contribution in [0.15, 0.2) is 48.5 Å². The summed E-state index contributed by atoms with van der Waals surface area (Å²) in [5.74, 6) is 0.394. The Morgan fingerprint density at radius 2 is 1.89 bits per heavy atom. The first-order valence-electron chi connectivity index (χ1n) is 9.23. The summed E-state index contributed by atoms with van der Waals surface area (Å²) in [5, 5.41) is 11.7. The zero-order valence-corrected chi connectivity index (χ0v) is 17.1. The third-order valence-corrected chi connectivity index (χ3v) is 4.98. The molecule has 0 aliphatic rings. The highest BCUT2D eigenvalue weighted by molar-refractivity contribution is 8.00. The maximum Gasteiger partial charge on any atom is 0.234 e. The van der Waals surface area contributed by atoms with E-state index in [1.165, 1.54) is 11.8 Å². The molecule has 0 saturated heterocycles. The quantitative estimate of drug-likeness (QED) is 0.697. The van der Waals surface area contributed by atoms with Gasteiger partial charge in [0.05, 0.1) is 23.1 Å². The number of nitrogens with one attached hydrogen (secondary N) is 1. The number of amides is 2. The molecule has 0 atom stereocenters. The number of anilines is 1. The van der Waals surface area contributed by atoms with E-state index < -0.39 is 0 Å². The molecule has 2 amide bonds. The molecule has 0 bridgehead atoms. The van der Waals surface area contributed by atoms with Crippen LogP contribution in [0.25, 0.3) is 0 Å². The lowest BCUT2D eigenvalue weighted by Gasteiger charge is -2.22. The number of nitriles is 1. The molecule has 2 rings (SSSR count). The zero-order valence-electron chi connectivity index (χ0n) is 16.3. The molecule has 2 aromatic carbocycles. The van der Waals surface area contributed by atoms with E-state index in [-0.39, 0.29) is 23.3 Å². The molecule has 0 aliphatic heterocycles. The molecule has 0 unspecified atom stereocenters. The van der Waals surface area contributed by atoms with Gasteiger partial charge < -0.3 is 10.2 Å². The Labute approximate surface area is 170 Å². The minimum Gasteiger partial charge on any atom is -0.338 e. The largest absolute Gasteiger partial charge is 0.338 e. The van der Waals surface area contributed by atoms with Gasteiger partial charge in [-0.2, -0.15) is 5.26 Å². The molecule has 0 radical (unpaired) electrons. The lowest BCUT2D eigenvalue weighted by molar-refractivity contribution is -0.129. The molecule has 0 aromatic heterocycles. The Bertz CT molecular complexity index is 844. The van der Waals surface area contributed by atoms with E-state index in [4.69, 9.17) is 5.26 Å². The predicted molar refractivity (Wildman–Crippen MR) is 114 cm³/mol. The first-order chi connectivity index (χ1) is 13.5. The number of hydrogen-bond acceptors (Lipinski definition) is 4. The Balaban J connectivity index is 1.82. The van der Waals surface area contributed by atoms with E-state index in [2.05, 4.69) is 11.4 Å². The molecule has 0 aliphatic carbocycles. The summed E-state index contributed by atoms with van der Waals surface area (Å²) in [7, 11) is 0. The number of rotatable bonds is 9. The fourth-order valence-electron chi connectivity index (χ4n) is 2.71. The maximum absolute atomic E-state index is 12.6. The van der Waals surface area contributed by atoms with E-state index >= 15 is 0 Å². The van der Waals surface area contributed by atoms with Crippen molar-refractivity contribution in [1.82, 2.24) is 4.90 Å². The van der Waals surface area contributed by atoms with Crippen molar-refractivity contribution in [3.05, 3.63) is 65.2 Å². The van der Waals surface area contributed by atoms with Crippen LogP contribution in [-0.4, -0.2) is 34.8 Å². The molecule has 1 N–H and O–H groups in total. The van der Waals surface area contributed by atoms with Gasteiger partial charge in [-0.15, -0.1) is 11.8 Å². The lowest BCUT2D eigenvalue weighted by atomic mass is 10.1. The molecule has 0 heterocycles. The van der Waals surface area contributed by atoms with Crippen LogP contribution >= 0.6 is 11.8 Å². The Hall–Kier alpha value is -2.78. The van der Waals surface area contributed by atoms with E-state index in [1.54, 1.807) is 17.0 Å². The molecular formula is C22H25N3O2S. The number of thioether (sulfide) groups is 1. The number of hydrogen-bond donors (Lipinski definition) is 1. The summed E-state index contributed by atoms with van der Waals surface area (Å²) in [6.45, 7) is 5.17. The molecular weight excluding hydrogens is 370 g/mol. The van der Waals surface area contributed by atoms with Gasteiger partial charge in [-0.1, -0.05) is 31.2 Å². The Morgan fingerprint density at radius 1 is 1.14 bits per heavy atom. The molecule has 28 heavy (non-hydrogen) atoms. The van der Waals surface area contributed by atoms with Gasteiger partial charge in [0.1, 0.15) is 0 Å². The lowest BCUT2D eigenvalue weighted by Crippen LogP contribution is -2.33. The Morgan fingerprint density at radius 3 is 2.54 bits per heavy atom. The van der Waals surface area contributed by atoms with Gasteiger partial charge in [0.15, 0.2) is 0 Å². The fourth-order valence-corrected chi connectivity index (χ4v) is 3.43. The van der Waals surface area contributed by atoms with Crippen LogP contribution in [0.3, 0.4) is 0 Å². The van der Waals surface area contributed by atoms with Gasteiger partial charge >= 0.3 is 0 Å². The highest BCUT2D eigenvalue weighted by Crippen LogP contribution is 2.13. The van der Waals surface area contributed by atoms with Crippen LogP contribution in [0.4, 0.5) is 5.69 Å². The highest BCUT2D eigenvalue weighted by Gasteiger charge is 2.14. The van der Waals surface area contributed by atoms with Crippen molar-refractivity contribution < 1.29 is 9.59 Å². The normalized spacial score (nSPS) is 10.2. The highest BCUT2D eigenvalue weighted by atomic mass is 32.2. The molecule has 6 heteroatoms. The number of aryl methyl sites for hydroxylation is 1. The first kappa shape index (κ1) is 21.5. The van der Waals surface area contributed by atoms with E-state index in [9.17, 15) is 9.59 Å². The Kier molecular flexibility index (Phi) is 8.57. The smallest absolute Gasteiger partial charge is 0.234 e. The van der Waals surface area contributed by atoms with Crippen LogP contribution < -0.4 is 5.32 Å². The minimum atomic E-state index is -0.113. The van der Waals surface area contributed by atoms with Crippen LogP contribution in [0.5, 0.6) is 0 Å². The van der Waals surface area contributed by atoms with Crippen molar-refractivity contribution in [2.45, 2.75) is 26.8 Å². The summed E-state index contributed by atoms with van der Waals surface area (Å²) in [6, 6.07) is 17.0. The molecule has 0 spiro atoms. The fraction of sp³-hybridized carbons (Fsp3) is 0.318. The van der Waals surface area contributed by atoms with Gasteiger partial charge in [-0.05, 0) is 48.7 Å². The summed E-state index contributed by atoms with van der Waals surface area (Å²) >= 11 is 1.32. The van der Waals surface area contributed by atoms with Crippen molar-refractivity contribution in [2.24, 2.45) is 0 Å². The van der Waals surface area contributed by atoms with Crippen LogP contribution in [0.1, 0.15) is 30.0 Å². The molecule has 0 fully saturated rings. The van der Waals surface area contributed by atoms with Gasteiger partial charge in [-0.3, -0.25) is 9.59 Å².